The lowest BCUT2D eigenvalue weighted by atomic mass is 10.2. The summed E-state index contributed by atoms with van der Waals surface area (Å²) in [6.45, 7) is 1.55. The molecule has 1 aromatic heterocycles. The van der Waals surface area contributed by atoms with Gasteiger partial charge in [-0.1, -0.05) is 0 Å². The third-order valence-electron chi connectivity index (χ3n) is 1.91. The molecule has 1 fully saturated rings. The van der Waals surface area contributed by atoms with Crippen LogP contribution in [0.5, 0.6) is 0 Å². The van der Waals surface area contributed by atoms with Gasteiger partial charge in [0.05, 0.1) is 12.6 Å². The zero-order valence-electron chi connectivity index (χ0n) is 7.03. The predicted octanol–water partition coefficient (Wildman–Crippen LogP) is 1.33. The van der Waals surface area contributed by atoms with Crippen molar-refractivity contribution in [3.05, 3.63) is 17.5 Å². The maximum absolute atomic E-state index is 5.64. The number of rotatable bonds is 2. The van der Waals surface area contributed by atoms with Crippen LogP contribution >= 0.6 is 11.6 Å². The first-order valence-corrected chi connectivity index (χ1v) is 4.55. The lowest BCUT2D eigenvalue weighted by Crippen LogP contribution is -2.19. The molecule has 0 bridgehead atoms. The second-order valence-electron chi connectivity index (χ2n) is 2.92. The summed E-state index contributed by atoms with van der Waals surface area (Å²) in [4.78, 5) is 7.82. The van der Waals surface area contributed by atoms with Crippen LogP contribution < -0.4 is 5.32 Å². The highest BCUT2D eigenvalue weighted by Crippen LogP contribution is 2.12. The summed E-state index contributed by atoms with van der Waals surface area (Å²) in [5.74, 6) is 0.760. The first kappa shape index (κ1) is 8.72. The molecule has 4 nitrogen and oxygen atoms in total. The highest BCUT2D eigenvalue weighted by atomic mass is 35.5. The molecule has 70 valence electrons. The maximum Gasteiger partial charge on any atom is 0.224 e. The Bertz CT molecular complexity index is 288. The maximum atomic E-state index is 5.64. The number of nitrogens with one attached hydrogen (secondary N) is 1. The van der Waals surface area contributed by atoms with E-state index < -0.39 is 0 Å². The Kier molecular flexibility index (Phi) is 2.61. The van der Waals surface area contributed by atoms with Crippen molar-refractivity contribution in [1.82, 2.24) is 9.97 Å². The molecule has 1 N–H and O–H groups in total. The summed E-state index contributed by atoms with van der Waals surface area (Å²) >= 11 is 5.64. The van der Waals surface area contributed by atoms with E-state index in [0.717, 1.165) is 25.5 Å². The second kappa shape index (κ2) is 3.89. The molecule has 0 aliphatic carbocycles. The van der Waals surface area contributed by atoms with Gasteiger partial charge in [0.15, 0.2) is 0 Å². The molecule has 1 atom stereocenters. The smallest absolute Gasteiger partial charge is 0.224 e. The SMILES string of the molecule is Clc1nccc(NC2CCOC2)n1. The molecular formula is C8H10ClN3O. The normalized spacial score (nSPS) is 21.8. The van der Waals surface area contributed by atoms with Crippen LogP contribution in [0.25, 0.3) is 0 Å². The van der Waals surface area contributed by atoms with Crippen LogP contribution in [-0.2, 0) is 4.74 Å². The lowest BCUT2D eigenvalue weighted by Gasteiger charge is -2.10. The van der Waals surface area contributed by atoms with Gasteiger partial charge >= 0.3 is 0 Å². The number of anilines is 1. The van der Waals surface area contributed by atoms with E-state index in [1.54, 1.807) is 12.3 Å². The van der Waals surface area contributed by atoms with E-state index in [-0.39, 0.29) is 5.28 Å². The number of halogens is 1. The number of hydrogen-bond donors (Lipinski definition) is 1. The third kappa shape index (κ3) is 2.29. The molecule has 2 heterocycles. The molecule has 2 rings (SSSR count). The van der Waals surface area contributed by atoms with Gasteiger partial charge in [-0.3, -0.25) is 0 Å². The zero-order chi connectivity index (χ0) is 9.10. The standard InChI is InChI=1S/C8H10ClN3O/c9-8-10-3-1-7(12-8)11-6-2-4-13-5-6/h1,3,6H,2,4-5H2,(H,10,11,12). The fraction of sp³-hybridized carbons (Fsp3) is 0.500. The van der Waals surface area contributed by atoms with E-state index in [0.29, 0.717) is 6.04 Å². The van der Waals surface area contributed by atoms with Crippen molar-refractivity contribution in [2.24, 2.45) is 0 Å². The number of hydrogen-bond acceptors (Lipinski definition) is 4. The Labute approximate surface area is 81.3 Å². The summed E-state index contributed by atoms with van der Waals surface area (Å²) in [5.41, 5.74) is 0. The van der Waals surface area contributed by atoms with Gasteiger partial charge in [-0.05, 0) is 24.1 Å². The molecule has 0 aromatic carbocycles. The second-order valence-corrected chi connectivity index (χ2v) is 3.25. The minimum Gasteiger partial charge on any atom is -0.379 e. The average Bonchev–Trinajstić information content (AvgIpc) is 2.57. The molecule has 1 aliphatic heterocycles. The van der Waals surface area contributed by atoms with Crippen molar-refractivity contribution in [2.75, 3.05) is 18.5 Å². The van der Waals surface area contributed by atoms with Crippen LogP contribution in [-0.4, -0.2) is 29.2 Å². The van der Waals surface area contributed by atoms with Gasteiger partial charge in [-0.2, -0.15) is 0 Å². The minimum atomic E-state index is 0.268. The average molecular weight is 200 g/mol. The van der Waals surface area contributed by atoms with Crippen LogP contribution in [0.2, 0.25) is 5.28 Å². The lowest BCUT2D eigenvalue weighted by molar-refractivity contribution is 0.195. The van der Waals surface area contributed by atoms with E-state index in [2.05, 4.69) is 15.3 Å². The number of aromatic nitrogens is 2. The van der Waals surface area contributed by atoms with Gasteiger partial charge < -0.3 is 10.1 Å². The van der Waals surface area contributed by atoms with Gasteiger partial charge in [0.1, 0.15) is 5.82 Å². The van der Waals surface area contributed by atoms with Crippen molar-refractivity contribution < 1.29 is 4.74 Å². The van der Waals surface area contributed by atoms with Gasteiger partial charge in [0.2, 0.25) is 5.28 Å². The highest BCUT2D eigenvalue weighted by Gasteiger charge is 2.15. The van der Waals surface area contributed by atoms with E-state index >= 15 is 0 Å². The van der Waals surface area contributed by atoms with Gasteiger partial charge in [-0.15, -0.1) is 0 Å². The Morgan fingerprint density at radius 3 is 3.23 bits per heavy atom. The van der Waals surface area contributed by atoms with Crippen LogP contribution in [0.4, 0.5) is 5.82 Å². The van der Waals surface area contributed by atoms with Crippen LogP contribution in [0, 0.1) is 0 Å². The summed E-state index contributed by atoms with van der Waals surface area (Å²) in [6, 6.07) is 2.15. The highest BCUT2D eigenvalue weighted by molar-refractivity contribution is 6.28. The van der Waals surface area contributed by atoms with Crippen LogP contribution in [0.3, 0.4) is 0 Å². The van der Waals surface area contributed by atoms with E-state index in [1.165, 1.54) is 0 Å². The molecular weight excluding hydrogens is 190 g/mol. The molecule has 1 aliphatic rings. The molecule has 0 amide bonds. The molecule has 0 spiro atoms. The topological polar surface area (TPSA) is 47.0 Å². The van der Waals surface area contributed by atoms with Crippen molar-refractivity contribution >= 4 is 17.4 Å². The third-order valence-corrected chi connectivity index (χ3v) is 2.09. The van der Waals surface area contributed by atoms with Gasteiger partial charge in [0, 0.05) is 12.8 Å². The quantitative estimate of drug-likeness (QED) is 0.731. The number of ether oxygens (including phenoxy) is 1. The van der Waals surface area contributed by atoms with Gasteiger partial charge in [-0.25, -0.2) is 9.97 Å². The minimum absolute atomic E-state index is 0.268. The summed E-state index contributed by atoms with van der Waals surface area (Å²) in [7, 11) is 0. The Hall–Kier alpha value is -0.870. The van der Waals surface area contributed by atoms with Crippen molar-refractivity contribution in [3.8, 4) is 0 Å². The molecule has 5 heteroatoms. The summed E-state index contributed by atoms with van der Waals surface area (Å²) in [6.07, 6.45) is 2.65. The predicted molar refractivity (Wildman–Crippen MR) is 49.9 cm³/mol. The number of nitrogens with zero attached hydrogens (tertiary/aromatic N) is 2. The monoisotopic (exact) mass is 199 g/mol. The fourth-order valence-corrected chi connectivity index (χ4v) is 1.42. The first-order chi connectivity index (χ1) is 6.34. The molecule has 1 saturated heterocycles. The Balaban J connectivity index is 2.00. The van der Waals surface area contributed by atoms with Crippen LogP contribution in [0.1, 0.15) is 6.42 Å². The zero-order valence-corrected chi connectivity index (χ0v) is 7.79. The first-order valence-electron chi connectivity index (χ1n) is 4.17. The summed E-state index contributed by atoms with van der Waals surface area (Å²) in [5, 5.41) is 3.49. The molecule has 1 aromatic rings. The molecule has 0 radical (unpaired) electrons. The van der Waals surface area contributed by atoms with Gasteiger partial charge in [0.25, 0.3) is 0 Å². The Morgan fingerprint density at radius 1 is 1.62 bits per heavy atom. The van der Waals surface area contributed by atoms with Crippen molar-refractivity contribution in [2.45, 2.75) is 12.5 Å². The van der Waals surface area contributed by atoms with E-state index in [9.17, 15) is 0 Å². The molecule has 1 unspecified atom stereocenters. The van der Waals surface area contributed by atoms with E-state index in [1.807, 2.05) is 0 Å². The molecule has 13 heavy (non-hydrogen) atoms. The van der Waals surface area contributed by atoms with Crippen LogP contribution in [0.15, 0.2) is 12.3 Å². The molecule has 0 saturated carbocycles. The van der Waals surface area contributed by atoms with E-state index in [4.69, 9.17) is 16.3 Å². The van der Waals surface area contributed by atoms with Crippen molar-refractivity contribution in [3.63, 3.8) is 0 Å². The Morgan fingerprint density at radius 2 is 2.54 bits per heavy atom. The summed E-state index contributed by atoms with van der Waals surface area (Å²) < 4.78 is 5.22. The van der Waals surface area contributed by atoms with Crippen molar-refractivity contribution in [1.29, 1.82) is 0 Å². The fourth-order valence-electron chi connectivity index (χ4n) is 1.27. The largest absolute Gasteiger partial charge is 0.379 e.